The zero-order chi connectivity index (χ0) is 17.4. The summed E-state index contributed by atoms with van der Waals surface area (Å²) >= 11 is 1.60. The van der Waals surface area contributed by atoms with Crippen LogP contribution in [0.3, 0.4) is 0 Å². The minimum atomic E-state index is 0.0788. The van der Waals surface area contributed by atoms with Crippen LogP contribution in [0.1, 0.15) is 39.9 Å². The van der Waals surface area contributed by atoms with Crippen LogP contribution in [0.15, 0.2) is 24.3 Å². The number of fused-ring (bicyclic) bond motifs is 1. The average Bonchev–Trinajstić information content (AvgIpc) is 3.24. The van der Waals surface area contributed by atoms with Crippen molar-refractivity contribution in [2.24, 2.45) is 0 Å². The Bertz CT molecular complexity index is 894. The molecule has 1 saturated heterocycles. The molecule has 7 nitrogen and oxygen atoms in total. The summed E-state index contributed by atoms with van der Waals surface area (Å²) in [6.45, 7) is 3.39. The average molecular weight is 357 g/mol. The Morgan fingerprint density at radius 1 is 1.20 bits per heavy atom. The van der Waals surface area contributed by atoms with E-state index in [9.17, 15) is 4.79 Å². The van der Waals surface area contributed by atoms with Gasteiger partial charge in [-0.2, -0.15) is 9.61 Å². The van der Waals surface area contributed by atoms with Gasteiger partial charge in [0.05, 0.1) is 7.11 Å². The molecule has 1 fully saturated rings. The third kappa shape index (κ3) is 2.97. The lowest BCUT2D eigenvalue weighted by atomic mass is 9.97. The zero-order valence-electron chi connectivity index (χ0n) is 14.2. The normalized spacial score (nSPS) is 15.7. The summed E-state index contributed by atoms with van der Waals surface area (Å²) in [5.41, 5.74) is 0.702. The molecule has 3 aromatic rings. The predicted molar refractivity (Wildman–Crippen MR) is 94.3 cm³/mol. The van der Waals surface area contributed by atoms with Gasteiger partial charge >= 0.3 is 0 Å². The molecule has 0 N–H and O–H groups in total. The molecule has 1 aliphatic heterocycles. The number of carbonyl (C=O) groups is 1. The Kier molecular flexibility index (Phi) is 4.12. The summed E-state index contributed by atoms with van der Waals surface area (Å²) in [7, 11) is 1.62. The number of nitrogens with zero attached hydrogens (tertiary/aromatic N) is 5. The lowest BCUT2D eigenvalue weighted by Gasteiger charge is -2.31. The molecule has 2 aromatic heterocycles. The molecular formula is C17H19N5O2S. The summed E-state index contributed by atoms with van der Waals surface area (Å²) < 4.78 is 6.94. The van der Waals surface area contributed by atoms with Gasteiger partial charge in [-0.1, -0.05) is 11.3 Å². The molecule has 8 heteroatoms. The Balaban J connectivity index is 1.42. The molecule has 1 aromatic carbocycles. The molecule has 0 radical (unpaired) electrons. The van der Waals surface area contributed by atoms with Gasteiger partial charge in [-0.3, -0.25) is 4.79 Å². The minimum absolute atomic E-state index is 0.0788. The molecule has 130 valence electrons. The molecule has 0 saturated carbocycles. The first-order valence-corrected chi connectivity index (χ1v) is 9.09. The minimum Gasteiger partial charge on any atom is -0.497 e. The molecule has 0 unspecified atom stereocenters. The third-order valence-corrected chi connectivity index (χ3v) is 5.69. The number of ether oxygens (including phenoxy) is 1. The van der Waals surface area contributed by atoms with Crippen molar-refractivity contribution in [3.05, 3.63) is 40.7 Å². The van der Waals surface area contributed by atoms with E-state index in [4.69, 9.17) is 4.74 Å². The van der Waals surface area contributed by atoms with E-state index in [2.05, 4.69) is 15.3 Å². The number of hydrogen-bond acceptors (Lipinski definition) is 6. The van der Waals surface area contributed by atoms with Gasteiger partial charge in [0.25, 0.3) is 5.91 Å². The maximum atomic E-state index is 12.6. The second-order valence-corrected chi connectivity index (χ2v) is 7.16. The number of carbonyl (C=O) groups excluding carboxylic acids is 1. The number of amides is 1. The van der Waals surface area contributed by atoms with E-state index in [1.807, 2.05) is 36.1 Å². The van der Waals surface area contributed by atoms with Crippen molar-refractivity contribution in [3.8, 4) is 5.75 Å². The van der Waals surface area contributed by atoms with Crippen LogP contribution in [0.2, 0.25) is 0 Å². The second-order valence-electron chi connectivity index (χ2n) is 6.18. The summed E-state index contributed by atoms with van der Waals surface area (Å²) in [6, 6.07) is 7.28. The molecule has 1 amide bonds. The van der Waals surface area contributed by atoms with Crippen LogP contribution in [-0.2, 0) is 0 Å². The van der Waals surface area contributed by atoms with Gasteiger partial charge in [0, 0.05) is 24.6 Å². The summed E-state index contributed by atoms with van der Waals surface area (Å²) in [4.78, 5) is 15.4. The number of likely N-dealkylation sites (tertiary alicyclic amines) is 1. The smallest absolute Gasteiger partial charge is 0.253 e. The van der Waals surface area contributed by atoms with Crippen molar-refractivity contribution in [2.45, 2.75) is 25.7 Å². The van der Waals surface area contributed by atoms with E-state index in [0.717, 1.165) is 47.5 Å². The van der Waals surface area contributed by atoms with Crippen molar-refractivity contribution < 1.29 is 9.53 Å². The van der Waals surface area contributed by atoms with Gasteiger partial charge in [-0.15, -0.1) is 10.2 Å². The van der Waals surface area contributed by atoms with Gasteiger partial charge < -0.3 is 9.64 Å². The summed E-state index contributed by atoms with van der Waals surface area (Å²) in [6.07, 6.45) is 1.84. The topological polar surface area (TPSA) is 72.6 Å². The molecule has 3 heterocycles. The Hall–Kier alpha value is -2.48. The lowest BCUT2D eigenvalue weighted by Crippen LogP contribution is -2.37. The highest BCUT2D eigenvalue weighted by atomic mass is 32.1. The first-order chi connectivity index (χ1) is 12.2. The van der Waals surface area contributed by atoms with Crippen LogP contribution in [0, 0.1) is 6.92 Å². The number of methoxy groups -OCH3 is 1. The van der Waals surface area contributed by atoms with Crippen molar-refractivity contribution in [1.82, 2.24) is 24.7 Å². The standard InChI is InChI=1S/C17H19N5O2S/c1-11-18-19-17-22(11)20-15(25-17)12-7-9-21(10-8-12)16(23)13-3-5-14(24-2)6-4-13/h3-6,12H,7-10H2,1-2H3. The van der Waals surface area contributed by atoms with Crippen molar-refractivity contribution in [1.29, 1.82) is 0 Å². The Morgan fingerprint density at radius 3 is 2.56 bits per heavy atom. The van der Waals surface area contributed by atoms with E-state index < -0.39 is 0 Å². The van der Waals surface area contributed by atoms with E-state index in [1.165, 1.54) is 0 Å². The van der Waals surface area contributed by atoms with Crippen molar-refractivity contribution >= 4 is 22.2 Å². The maximum absolute atomic E-state index is 12.6. The quantitative estimate of drug-likeness (QED) is 0.720. The number of aromatic nitrogens is 4. The van der Waals surface area contributed by atoms with Gasteiger partial charge in [0.2, 0.25) is 4.96 Å². The van der Waals surface area contributed by atoms with Gasteiger partial charge in [-0.25, -0.2) is 0 Å². The predicted octanol–water partition coefficient (Wildman–Crippen LogP) is 2.52. The summed E-state index contributed by atoms with van der Waals surface area (Å²) in [5.74, 6) is 2.03. The van der Waals surface area contributed by atoms with Crippen LogP contribution in [-0.4, -0.2) is 50.8 Å². The molecule has 25 heavy (non-hydrogen) atoms. The van der Waals surface area contributed by atoms with Crippen LogP contribution in [0.5, 0.6) is 5.75 Å². The van der Waals surface area contributed by atoms with Crippen LogP contribution >= 0.6 is 11.3 Å². The number of rotatable bonds is 3. The fourth-order valence-electron chi connectivity index (χ4n) is 3.14. The fraction of sp³-hybridized carbons (Fsp3) is 0.412. The van der Waals surface area contributed by atoms with E-state index in [0.29, 0.717) is 11.5 Å². The van der Waals surface area contributed by atoms with E-state index in [-0.39, 0.29) is 5.91 Å². The first-order valence-electron chi connectivity index (χ1n) is 8.28. The number of benzene rings is 1. The molecule has 0 spiro atoms. The molecule has 4 rings (SSSR count). The lowest BCUT2D eigenvalue weighted by molar-refractivity contribution is 0.0712. The summed E-state index contributed by atoms with van der Waals surface area (Å²) in [5, 5.41) is 13.9. The van der Waals surface area contributed by atoms with E-state index >= 15 is 0 Å². The second kappa shape index (κ2) is 6.44. The third-order valence-electron chi connectivity index (χ3n) is 4.63. The largest absolute Gasteiger partial charge is 0.497 e. The van der Waals surface area contributed by atoms with Gasteiger partial charge in [-0.05, 0) is 44.0 Å². The highest BCUT2D eigenvalue weighted by molar-refractivity contribution is 7.16. The number of hydrogen-bond donors (Lipinski definition) is 0. The number of piperidine rings is 1. The zero-order valence-corrected chi connectivity index (χ0v) is 15.0. The highest BCUT2D eigenvalue weighted by Gasteiger charge is 2.27. The first kappa shape index (κ1) is 16.0. The van der Waals surface area contributed by atoms with E-state index in [1.54, 1.807) is 23.0 Å². The molecule has 1 aliphatic rings. The molecule has 0 aliphatic carbocycles. The van der Waals surface area contributed by atoms with Crippen LogP contribution < -0.4 is 4.74 Å². The monoisotopic (exact) mass is 357 g/mol. The van der Waals surface area contributed by atoms with Crippen LogP contribution in [0.25, 0.3) is 4.96 Å². The van der Waals surface area contributed by atoms with Gasteiger partial charge in [0.15, 0.2) is 5.82 Å². The Morgan fingerprint density at radius 2 is 1.92 bits per heavy atom. The van der Waals surface area contributed by atoms with Crippen LogP contribution in [0.4, 0.5) is 0 Å². The molecule has 0 bridgehead atoms. The Labute approximate surface area is 149 Å². The maximum Gasteiger partial charge on any atom is 0.253 e. The van der Waals surface area contributed by atoms with Crippen molar-refractivity contribution in [2.75, 3.05) is 20.2 Å². The highest BCUT2D eigenvalue weighted by Crippen LogP contribution is 2.31. The van der Waals surface area contributed by atoms with Crippen molar-refractivity contribution in [3.63, 3.8) is 0 Å². The number of aryl methyl sites for hydroxylation is 1. The SMILES string of the molecule is COc1ccc(C(=O)N2CCC(c3nn4c(C)nnc4s3)CC2)cc1. The molecular weight excluding hydrogens is 338 g/mol. The fourth-order valence-corrected chi connectivity index (χ4v) is 4.19. The van der Waals surface area contributed by atoms with Gasteiger partial charge in [0.1, 0.15) is 10.8 Å². The molecule has 0 atom stereocenters.